The number of ether oxygens (including phenoxy) is 3. The number of hydrogen-bond acceptors (Lipinski definition) is 7. The summed E-state index contributed by atoms with van der Waals surface area (Å²) in [6.07, 6.45) is -1.74. The maximum absolute atomic E-state index is 12.0. The Morgan fingerprint density at radius 1 is 1.23 bits per heavy atom. The summed E-state index contributed by atoms with van der Waals surface area (Å²) in [6.45, 7) is 10.3. The van der Waals surface area contributed by atoms with E-state index in [4.69, 9.17) is 14.2 Å². The zero-order chi connectivity index (χ0) is 19.4. The van der Waals surface area contributed by atoms with Crippen LogP contribution in [0.2, 0.25) is 0 Å². The standard InChI is InChI=1S/C19H26O7/c1-8-6-12-15(9(2)18(23)26-12)17(22)19(5)14(25-11(4)21)7-13(16(8)19)24-10(3)20/h8,12-17,22H,2,6-7H2,1,3-5H3/t8-,12-,13+,14-,15-,16-,17+,19-/m1/s1. The molecular weight excluding hydrogens is 340 g/mol. The second kappa shape index (κ2) is 6.37. The Morgan fingerprint density at radius 2 is 1.85 bits per heavy atom. The molecule has 0 aromatic heterocycles. The Balaban J connectivity index is 2.06. The Bertz CT molecular complexity index is 656. The maximum atomic E-state index is 12.0. The Labute approximate surface area is 152 Å². The summed E-state index contributed by atoms with van der Waals surface area (Å²) in [4.78, 5) is 35.2. The molecule has 7 heteroatoms. The van der Waals surface area contributed by atoms with E-state index >= 15 is 0 Å². The molecule has 0 aromatic rings. The van der Waals surface area contributed by atoms with E-state index < -0.39 is 53.7 Å². The van der Waals surface area contributed by atoms with E-state index in [-0.39, 0.29) is 17.4 Å². The number of esters is 3. The SMILES string of the molecule is C=C1C(=O)O[C@@H]2C[C@@H](C)[C@@H]3[C@@H](OC(C)=O)C[C@@H](OC(C)=O)[C@@]3(C)[C@@H](O)[C@H]12. The van der Waals surface area contributed by atoms with Crippen LogP contribution in [0.5, 0.6) is 0 Å². The van der Waals surface area contributed by atoms with Gasteiger partial charge in [0.15, 0.2) is 0 Å². The lowest BCUT2D eigenvalue weighted by atomic mass is 9.67. The Hall–Kier alpha value is -1.89. The van der Waals surface area contributed by atoms with E-state index in [0.717, 1.165) is 0 Å². The van der Waals surface area contributed by atoms with Gasteiger partial charge in [-0.05, 0) is 12.3 Å². The molecule has 0 spiro atoms. The fourth-order valence-corrected chi connectivity index (χ4v) is 5.44. The predicted octanol–water partition coefficient (Wildman–Crippen LogP) is 1.37. The predicted molar refractivity (Wildman–Crippen MR) is 89.6 cm³/mol. The molecule has 0 aromatic carbocycles. The van der Waals surface area contributed by atoms with Crippen LogP contribution in [-0.2, 0) is 28.6 Å². The van der Waals surface area contributed by atoms with Crippen molar-refractivity contribution in [3.8, 4) is 0 Å². The lowest BCUT2D eigenvalue weighted by molar-refractivity contribution is -0.162. The van der Waals surface area contributed by atoms with E-state index in [0.29, 0.717) is 12.8 Å². The average Bonchev–Trinajstić information content (AvgIpc) is 2.90. The molecule has 1 aliphatic heterocycles. The first-order valence-electron chi connectivity index (χ1n) is 8.99. The lowest BCUT2D eigenvalue weighted by Crippen LogP contribution is -2.50. The van der Waals surface area contributed by atoms with Crippen LogP contribution in [0.25, 0.3) is 0 Å². The molecule has 3 fully saturated rings. The molecule has 2 saturated carbocycles. The molecule has 3 aliphatic rings. The van der Waals surface area contributed by atoms with Gasteiger partial charge in [0.25, 0.3) is 0 Å². The number of carbonyl (C=O) groups excluding carboxylic acids is 3. The molecule has 1 heterocycles. The highest BCUT2D eigenvalue weighted by atomic mass is 16.6. The van der Waals surface area contributed by atoms with E-state index in [1.54, 1.807) is 0 Å². The minimum absolute atomic E-state index is 0.0201. The van der Waals surface area contributed by atoms with E-state index in [9.17, 15) is 19.5 Å². The molecule has 8 atom stereocenters. The fraction of sp³-hybridized carbons (Fsp3) is 0.737. The second-order valence-corrected chi connectivity index (χ2v) is 8.03. The van der Waals surface area contributed by atoms with E-state index in [2.05, 4.69) is 6.58 Å². The van der Waals surface area contributed by atoms with Crippen molar-refractivity contribution in [2.45, 2.75) is 65.0 Å². The van der Waals surface area contributed by atoms with Crippen LogP contribution in [0.1, 0.15) is 40.5 Å². The number of aliphatic hydroxyl groups is 1. The van der Waals surface area contributed by atoms with Gasteiger partial charge in [0.2, 0.25) is 0 Å². The van der Waals surface area contributed by atoms with Crippen molar-refractivity contribution in [1.29, 1.82) is 0 Å². The van der Waals surface area contributed by atoms with Gasteiger partial charge in [-0.3, -0.25) is 9.59 Å². The van der Waals surface area contributed by atoms with Crippen molar-refractivity contribution in [1.82, 2.24) is 0 Å². The highest BCUT2D eigenvalue weighted by Crippen LogP contribution is 2.58. The van der Waals surface area contributed by atoms with Gasteiger partial charge in [0.1, 0.15) is 18.3 Å². The molecule has 1 N–H and O–H groups in total. The normalized spacial score (nSPS) is 44.6. The van der Waals surface area contributed by atoms with Gasteiger partial charge < -0.3 is 19.3 Å². The third-order valence-electron chi connectivity index (χ3n) is 6.40. The van der Waals surface area contributed by atoms with Gasteiger partial charge in [-0.2, -0.15) is 0 Å². The number of hydrogen-bond donors (Lipinski definition) is 1. The molecule has 3 rings (SSSR count). The number of aliphatic hydroxyl groups excluding tert-OH is 1. The topological polar surface area (TPSA) is 99.1 Å². The van der Waals surface area contributed by atoms with E-state index in [1.165, 1.54) is 13.8 Å². The third-order valence-corrected chi connectivity index (χ3v) is 6.40. The number of rotatable bonds is 2. The van der Waals surface area contributed by atoms with Crippen molar-refractivity contribution in [3.63, 3.8) is 0 Å². The van der Waals surface area contributed by atoms with Gasteiger partial charge in [-0.15, -0.1) is 0 Å². The highest BCUT2D eigenvalue weighted by Gasteiger charge is 2.66. The molecule has 0 unspecified atom stereocenters. The highest BCUT2D eigenvalue weighted by molar-refractivity contribution is 5.91. The van der Waals surface area contributed by atoms with Gasteiger partial charge in [0.05, 0.1) is 12.0 Å². The fourth-order valence-electron chi connectivity index (χ4n) is 5.44. The first-order chi connectivity index (χ1) is 12.1. The van der Waals surface area contributed by atoms with Crippen molar-refractivity contribution < 1.29 is 33.7 Å². The van der Waals surface area contributed by atoms with Gasteiger partial charge in [-0.1, -0.05) is 20.4 Å². The van der Waals surface area contributed by atoms with Crippen LogP contribution in [0.15, 0.2) is 12.2 Å². The van der Waals surface area contributed by atoms with Crippen molar-refractivity contribution in [2.24, 2.45) is 23.2 Å². The van der Waals surface area contributed by atoms with Crippen LogP contribution in [0, 0.1) is 23.2 Å². The summed E-state index contributed by atoms with van der Waals surface area (Å²) in [5.74, 6) is -2.18. The molecule has 26 heavy (non-hydrogen) atoms. The second-order valence-electron chi connectivity index (χ2n) is 8.03. The molecule has 2 aliphatic carbocycles. The summed E-state index contributed by atoms with van der Waals surface area (Å²) >= 11 is 0. The lowest BCUT2D eigenvalue weighted by Gasteiger charge is -2.42. The molecule has 0 radical (unpaired) electrons. The monoisotopic (exact) mass is 366 g/mol. The summed E-state index contributed by atoms with van der Waals surface area (Å²) < 4.78 is 16.5. The van der Waals surface area contributed by atoms with Crippen LogP contribution in [-0.4, -0.2) is 47.4 Å². The molecule has 0 amide bonds. The smallest absolute Gasteiger partial charge is 0.334 e. The summed E-state index contributed by atoms with van der Waals surface area (Å²) in [7, 11) is 0. The van der Waals surface area contributed by atoms with Crippen LogP contribution < -0.4 is 0 Å². The average molecular weight is 366 g/mol. The number of fused-ring (bicyclic) bond motifs is 2. The largest absolute Gasteiger partial charge is 0.462 e. The van der Waals surface area contributed by atoms with E-state index in [1.807, 2.05) is 13.8 Å². The maximum Gasteiger partial charge on any atom is 0.334 e. The molecule has 144 valence electrons. The quantitative estimate of drug-likeness (QED) is 0.448. The summed E-state index contributed by atoms with van der Waals surface area (Å²) in [5, 5.41) is 11.3. The minimum Gasteiger partial charge on any atom is -0.462 e. The first-order valence-corrected chi connectivity index (χ1v) is 8.99. The van der Waals surface area contributed by atoms with Crippen LogP contribution in [0.4, 0.5) is 0 Å². The molecule has 7 nitrogen and oxygen atoms in total. The van der Waals surface area contributed by atoms with Gasteiger partial charge in [0, 0.05) is 37.2 Å². The summed E-state index contributed by atoms with van der Waals surface area (Å²) in [6, 6.07) is 0. The molecule has 0 bridgehead atoms. The van der Waals surface area contributed by atoms with Crippen molar-refractivity contribution >= 4 is 17.9 Å². The van der Waals surface area contributed by atoms with Gasteiger partial charge >= 0.3 is 17.9 Å². The minimum atomic E-state index is -1.01. The van der Waals surface area contributed by atoms with Crippen LogP contribution >= 0.6 is 0 Å². The number of carbonyl (C=O) groups is 3. The van der Waals surface area contributed by atoms with Crippen molar-refractivity contribution in [2.75, 3.05) is 0 Å². The molecular formula is C19H26O7. The van der Waals surface area contributed by atoms with Gasteiger partial charge in [-0.25, -0.2) is 4.79 Å². The molecule has 1 saturated heterocycles. The first kappa shape index (κ1) is 18.9. The summed E-state index contributed by atoms with van der Waals surface area (Å²) in [5.41, 5.74) is -0.643. The Kier molecular flexibility index (Phi) is 4.63. The zero-order valence-corrected chi connectivity index (χ0v) is 15.6. The van der Waals surface area contributed by atoms with Crippen LogP contribution in [0.3, 0.4) is 0 Å². The Morgan fingerprint density at radius 3 is 2.42 bits per heavy atom. The van der Waals surface area contributed by atoms with Crippen molar-refractivity contribution in [3.05, 3.63) is 12.2 Å². The zero-order valence-electron chi connectivity index (χ0n) is 15.6. The third kappa shape index (κ3) is 2.73.